The first kappa shape index (κ1) is 17.7. The maximum Gasteiger partial charge on any atom is 0.278 e. The molecular weight excluding hydrogens is 335 g/mol. The number of benzene rings is 2. The number of hydrogen-bond acceptors (Lipinski definition) is 4. The van der Waals surface area contributed by atoms with Crippen LogP contribution in [0.5, 0.6) is 0 Å². The predicted molar refractivity (Wildman–Crippen MR) is 96.2 cm³/mol. The van der Waals surface area contributed by atoms with Crippen LogP contribution in [0.1, 0.15) is 29.7 Å². The second kappa shape index (κ2) is 7.03. The van der Waals surface area contributed by atoms with Gasteiger partial charge in [-0.05, 0) is 44.0 Å². The van der Waals surface area contributed by atoms with Gasteiger partial charge in [-0.2, -0.15) is 0 Å². The van der Waals surface area contributed by atoms with E-state index >= 15 is 0 Å². The molecule has 1 heterocycles. The van der Waals surface area contributed by atoms with E-state index in [1.165, 1.54) is 6.07 Å². The van der Waals surface area contributed by atoms with E-state index in [9.17, 15) is 14.0 Å². The number of carbonyl (C=O) groups is 1. The van der Waals surface area contributed by atoms with Crippen molar-refractivity contribution < 1.29 is 9.18 Å². The lowest BCUT2D eigenvalue weighted by molar-refractivity contribution is -0.122. The Morgan fingerprint density at radius 2 is 1.88 bits per heavy atom. The lowest BCUT2D eigenvalue weighted by atomic mass is 10.1. The highest BCUT2D eigenvalue weighted by Crippen LogP contribution is 2.14. The molecular formula is C19H19FN4O2. The number of fused-ring (bicyclic) bond motifs is 1. The molecule has 0 aliphatic rings. The van der Waals surface area contributed by atoms with Gasteiger partial charge in [-0.3, -0.25) is 9.59 Å². The van der Waals surface area contributed by atoms with E-state index in [-0.39, 0.29) is 29.4 Å². The maximum absolute atomic E-state index is 13.9. The molecule has 7 heteroatoms. The van der Waals surface area contributed by atoms with Gasteiger partial charge < -0.3 is 5.32 Å². The molecule has 1 aromatic heterocycles. The summed E-state index contributed by atoms with van der Waals surface area (Å²) in [6.45, 7) is 5.24. The van der Waals surface area contributed by atoms with Crippen LogP contribution in [-0.4, -0.2) is 20.9 Å². The number of carbonyl (C=O) groups excluding carboxylic acids is 1. The summed E-state index contributed by atoms with van der Waals surface area (Å²) in [6, 6.07) is 10.4. The van der Waals surface area contributed by atoms with Gasteiger partial charge in [-0.25, -0.2) is 9.07 Å². The topological polar surface area (TPSA) is 76.9 Å². The average molecular weight is 354 g/mol. The van der Waals surface area contributed by atoms with Crippen molar-refractivity contribution in [2.45, 2.75) is 33.4 Å². The molecule has 134 valence electrons. The number of aryl methyl sites for hydroxylation is 2. The summed E-state index contributed by atoms with van der Waals surface area (Å²) >= 11 is 0. The molecule has 0 bridgehead atoms. The van der Waals surface area contributed by atoms with Crippen LogP contribution >= 0.6 is 0 Å². The predicted octanol–water partition coefficient (Wildman–Crippen LogP) is 2.42. The third-order valence-electron chi connectivity index (χ3n) is 4.17. The van der Waals surface area contributed by atoms with E-state index in [1.54, 1.807) is 13.0 Å². The first-order chi connectivity index (χ1) is 12.3. The molecule has 0 radical (unpaired) electrons. The van der Waals surface area contributed by atoms with Crippen LogP contribution in [0.4, 0.5) is 4.39 Å². The fourth-order valence-corrected chi connectivity index (χ4v) is 2.74. The summed E-state index contributed by atoms with van der Waals surface area (Å²) in [6.07, 6.45) is 0. The highest BCUT2D eigenvalue weighted by Gasteiger charge is 2.15. The van der Waals surface area contributed by atoms with Crippen LogP contribution in [0.3, 0.4) is 0 Å². The molecule has 0 aliphatic carbocycles. The molecule has 6 nitrogen and oxygen atoms in total. The van der Waals surface area contributed by atoms with E-state index in [2.05, 4.69) is 15.6 Å². The number of aromatic nitrogens is 3. The monoisotopic (exact) mass is 354 g/mol. The third-order valence-corrected chi connectivity index (χ3v) is 4.17. The lowest BCUT2D eigenvalue weighted by Crippen LogP contribution is -2.35. The largest absolute Gasteiger partial charge is 0.348 e. The Morgan fingerprint density at radius 1 is 1.19 bits per heavy atom. The molecule has 2 aromatic carbocycles. The highest BCUT2D eigenvalue weighted by atomic mass is 19.1. The molecule has 0 aliphatic heterocycles. The van der Waals surface area contributed by atoms with Gasteiger partial charge in [-0.1, -0.05) is 35.0 Å². The number of amides is 1. The smallest absolute Gasteiger partial charge is 0.278 e. The van der Waals surface area contributed by atoms with Crippen LogP contribution in [0.2, 0.25) is 0 Å². The second-order valence-electron chi connectivity index (χ2n) is 6.40. The molecule has 0 spiro atoms. The van der Waals surface area contributed by atoms with Gasteiger partial charge in [0.25, 0.3) is 5.56 Å². The molecule has 3 aromatic rings. The quantitative estimate of drug-likeness (QED) is 0.781. The number of rotatable bonds is 4. The van der Waals surface area contributed by atoms with E-state index in [0.29, 0.717) is 5.56 Å². The number of nitrogens with zero attached hydrogens (tertiary/aromatic N) is 3. The SMILES string of the molecule is Cc1ccc(C(C)NC(=O)Cn2nnc3c(F)cc(C)cc3c2=O)cc1. The Bertz CT molecular complexity index is 1030. The Kier molecular flexibility index (Phi) is 4.79. The standard InChI is InChI=1S/C19H19FN4O2/c1-11-4-6-14(7-5-11)13(3)21-17(25)10-24-19(26)15-8-12(2)9-16(20)18(15)22-23-24/h4-9,13H,10H2,1-3H3,(H,21,25). The first-order valence-corrected chi connectivity index (χ1v) is 8.24. The molecule has 0 fully saturated rings. The average Bonchev–Trinajstić information content (AvgIpc) is 2.58. The van der Waals surface area contributed by atoms with Crippen molar-refractivity contribution >= 4 is 16.8 Å². The van der Waals surface area contributed by atoms with Crippen molar-refractivity contribution in [2.75, 3.05) is 0 Å². The Morgan fingerprint density at radius 3 is 2.58 bits per heavy atom. The summed E-state index contributed by atoms with van der Waals surface area (Å²) in [5.41, 5.74) is 2.05. The van der Waals surface area contributed by atoms with Gasteiger partial charge in [0.15, 0.2) is 5.82 Å². The minimum absolute atomic E-state index is 0.0923. The van der Waals surface area contributed by atoms with Crippen molar-refractivity contribution in [1.82, 2.24) is 20.3 Å². The third kappa shape index (κ3) is 3.61. The first-order valence-electron chi connectivity index (χ1n) is 8.24. The van der Waals surface area contributed by atoms with Crippen molar-refractivity contribution in [3.05, 3.63) is 69.3 Å². The zero-order chi connectivity index (χ0) is 18.8. The van der Waals surface area contributed by atoms with Crippen molar-refractivity contribution in [2.24, 2.45) is 0 Å². The Labute approximate surface area is 149 Å². The Balaban J connectivity index is 1.80. The summed E-state index contributed by atoms with van der Waals surface area (Å²) in [4.78, 5) is 24.7. The van der Waals surface area contributed by atoms with Crippen molar-refractivity contribution in [1.29, 1.82) is 0 Å². The van der Waals surface area contributed by atoms with Crippen molar-refractivity contribution in [3.8, 4) is 0 Å². The van der Waals surface area contributed by atoms with Crippen molar-refractivity contribution in [3.63, 3.8) is 0 Å². The summed E-state index contributed by atoms with van der Waals surface area (Å²) < 4.78 is 14.8. The molecule has 1 unspecified atom stereocenters. The molecule has 1 N–H and O–H groups in total. The maximum atomic E-state index is 13.9. The summed E-state index contributed by atoms with van der Waals surface area (Å²) in [7, 11) is 0. The van der Waals surface area contributed by atoms with Crippen LogP contribution in [-0.2, 0) is 11.3 Å². The second-order valence-corrected chi connectivity index (χ2v) is 6.40. The van der Waals surface area contributed by atoms with Gasteiger partial charge in [-0.15, -0.1) is 5.10 Å². The van der Waals surface area contributed by atoms with Gasteiger partial charge in [0.2, 0.25) is 5.91 Å². The minimum Gasteiger partial charge on any atom is -0.348 e. The van der Waals surface area contributed by atoms with Crippen LogP contribution < -0.4 is 10.9 Å². The number of nitrogens with one attached hydrogen (secondary N) is 1. The molecule has 1 amide bonds. The summed E-state index contributed by atoms with van der Waals surface area (Å²) in [5.74, 6) is -0.976. The van der Waals surface area contributed by atoms with Crippen LogP contribution in [0, 0.1) is 19.7 Å². The molecule has 0 saturated carbocycles. The van der Waals surface area contributed by atoms with E-state index < -0.39 is 11.4 Å². The highest BCUT2D eigenvalue weighted by molar-refractivity contribution is 5.79. The van der Waals surface area contributed by atoms with Gasteiger partial charge >= 0.3 is 0 Å². The van der Waals surface area contributed by atoms with E-state index in [1.807, 2.05) is 38.1 Å². The molecule has 0 saturated heterocycles. The van der Waals surface area contributed by atoms with Gasteiger partial charge in [0.05, 0.1) is 11.4 Å². The lowest BCUT2D eigenvalue weighted by Gasteiger charge is -2.15. The van der Waals surface area contributed by atoms with E-state index in [0.717, 1.165) is 15.8 Å². The number of hydrogen-bond donors (Lipinski definition) is 1. The molecule has 3 rings (SSSR count). The summed E-state index contributed by atoms with van der Waals surface area (Å²) in [5, 5.41) is 10.4. The molecule has 1 atom stereocenters. The van der Waals surface area contributed by atoms with Gasteiger partial charge in [0.1, 0.15) is 12.1 Å². The fraction of sp³-hybridized carbons (Fsp3) is 0.263. The molecule has 26 heavy (non-hydrogen) atoms. The van der Waals surface area contributed by atoms with E-state index in [4.69, 9.17) is 0 Å². The fourth-order valence-electron chi connectivity index (χ4n) is 2.74. The van der Waals surface area contributed by atoms with Crippen LogP contribution in [0.25, 0.3) is 10.9 Å². The number of halogens is 1. The normalized spacial score (nSPS) is 12.2. The zero-order valence-electron chi connectivity index (χ0n) is 14.8. The van der Waals surface area contributed by atoms with Gasteiger partial charge in [0, 0.05) is 0 Å². The Hall–Kier alpha value is -3.09. The van der Waals surface area contributed by atoms with Crippen LogP contribution in [0.15, 0.2) is 41.2 Å². The zero-order valence-corrected chi connectivity index (χ0v) is 14.8. The minimum atomic E-state index is -0.603.